The van der Waals surface area contributed by atoms with Gasteiger partial charge in [-0.05, 0) is 62.4 Å². The Labute approximate surface area is 161 Å². The van der Waals surface area contributed by atoms with E-state index in [2.05, 4.69) is 56.0 Å². The lowest BCUT2D eigenvalue weighted by Crippen LogP contribution is -2.40. The van der Waals surface area contributed by atoms with E-state index < -0.39 is 5.54 Å². The molecule has 1 unspecified atom stereocenters. The number of thiophene rings is 1. The zero-order chi connectivity index (χ0) is 19.0. The molecule has 0 amide bonds. The molecule has 1 aromatic heterocycles. The maximum atomic E-state index is 9.21. The van der Waals surface area contributed by atoms with Gasteiger partial charge in [0.25, 0.3) is 0 Å². The summed E-state index contributed by atoms with van der Waals surface area (Å²) in [6.07, 6.45) is 2.37. The molecule has 0 saturated heterocycles. The van der Waals surface area contributed by atoms with E-state index in [0.717, 1.165) is 24.1 Å². The van der Waals surface area contributed by atoms with Crippen molar-refractivity contribution in [3.63, 3.8) is 0 Å². The predicted molar refractivity (Wildman–Crippen MR) is 109 cm³/mol. The molecule has 3 nitrogen and oxygen atoms in total. The Balaban J connectivity index is 1.70. The molecule has 2 rings (SSSR count). The van der Waals surface area contributed by atoms with Crippen LogP contribution in [0.15, 0.2) is 30.3 Å². The van der Waals surface area contributed by atoms with Crippen LogP contribution in [-0.4, -0.2) is 23.9 Å². The number of hydrogen-bond acceptors (Lipinski definition) is 4. The maximum Gasteiger partial charge on any atom is 0.0771 e. The summed E-state index contributed by atoms with van der Waals surface area (Å²) >= 11 is 1.70. The Morgan fingerprint density at radius 3 is 2.73 bits per heavy atom. The predicted octanol–water partition coefficient (Wildman–Crippen LogP) is 3.97. The number of hydrogen-bond donors (Lipinski definition) is 2. The van der Waals surface area contributed by atoms with Crippen LogP contribution in [0.4, 0.5) is 0 Å². The van der Waals surface area contributed by atoms with Crippen LogP contribution in [0.3, 0.4) is 0 Å². The maximum absolute atomic E-state index is 9.21. The fourth-order valence-electron chi connectivity index (χ4n) is 2.42. The summed E-state index contributed by atoms with van der Waals surface area (Å²) in [7, 11) is 0. The highest BCUT2D eigenvalue weighted by Crippen LogP contribution is 2.19. The zero-order valence-electron chi connectivity index (χ0n) is 16.0. The second-order valence-electron chi connectivity index (χ2n) is 7.10. The minimum absolute atomic E-state index is 0.00714. The third-order valence-corrected chi connectivity index (χ3v) is 5.45. The average Bonchev–Trinajstić information content (AvgIpc) is 3.07. The fraction of sp³-hybridized carbons (Fsp3) is 0.455. The van der Waals surface area contributed by atoms with E-state index in [-0.39, 0.29) is 6.61 Å². The van der Waals surface area contributed by atoms with Gasteiger partial charge in [-0.15, -0.1) is 11.3 Å². The molecule has 2 aromatic rings. The van der Waals surface area contributed by atoms with Gasteiger partial charge in [-0.25, -0.2) is 0 Å². The van der Waals surface area contributed by atoms with Crippen LogP contribution < -0.4 is 5.73 Å². The minimum atomic E-state index is -0.511. The van der Waals surface area contributed by atoms with Gasteiger partial charge in [-0.2, -0.15) is 0 Å². The molecule has 0 saturated carbocycles. The second kappa shape index (κ2) is 9.89. The van der Waals surface area contributed by atoms with Gasteiger partial charge in [0.1, 0.15) is 0 Å². The lowest BCUT2D eigenvalue weighted by Gasteiger charge is -2.20. The first kappa shape index (κ1) is 20.7. The van der Waals surface area contributed by atoms with Gasteiger partial charge in [0, 0.05) is 16.8 Å². The van der Waals surface area contributed by atoms with E-state index in [9.17, 15) is 5.11 Å². The second-order valence-corrected chi connectivity index (χ2v) is 8.27. The number of benzene rings is 1. The van der Waals surface area contributed by atoms with Crippen LogP contribution >= 0.6 is 11.3 Å². The van der Waals surface area contributed by atoms with Crippen molar-refractivity contribution >= 4 is 11.3 Å². The number of nitrogens with two attached hydrogens (primary N) is 1. The summed E-state index contributed by atoms with van der Waals surface area (Å²) in [4.78, 5) is 2.32. The van der Waals surface area contributed by atoms with Crippen molar-refractivity contribution in [2.75, 3.05) is 13.2 Å². The van der Waals surface area contributed by atoms with Crippen LogP contribution in [0, 0.1) is 25.7 Å². The highest BCUT2D eigenvalue weighted by atomic mass is 32.1. The molecule has 1 heterocycles. The van der Waals surface area contributed by atoms with Gasteiger partial charge in [0.2, 0.25) is 0 Å². The van der Waals surface area contributed by atoms with Crippen molar-refractivity contribution in [2.24, 2.45) is 5.73 Å². The van der Waals surface area contributed by atoms with E-state index in [1.54, 1.807) is 11.3 Å². The molecule has 4 heteroatoms. The molecule has 1 atom stereocenters. The first-order valence-corrected chi connectivity index (χ1v) is 9.82. The molecule has 0 fully saturated rings. The molecule has 0 aliphatic rings. The minimum Gasteiger partial charge on any atom is -0.394 e. The van der Waals surface area contributed by atoms with Crippen LogP contribution in [-0.2, 0) is 17.8 Å². The lowest BCUT2D eigenvalue weighted by molar-refractivity contribution is 0.126. The first-order chi connectivity index (χ1) is 12.4. The Morgan fingerprint density at radius 2 is 2.00 bits per heavy atom. The molecule has 0 aliphatic carbocycles. The smallest absolute Gasteiger partial charge is 0.0771 e. The molecule has 0 spiro atoms. The van der Waals surface area contributed by atoms with Crippen LogP contribution in [0.25, 0.3) is 0 Å². The summed E-state index contributed by atoms with van der Waals surface area (Å²) in [5.41, 5.74) is 9.27. The quantitative estimate of drug-likeness (QED) is 0.545. The van der Waals surface area contributed by atoms with Gasteiger partial charge in [0.05, 0.1) is 24.7 Å². The van der Waals surface area contributed by atoms with Crippen molar-refractivity contribution in [3.8, 4) is 11.8 Å². The largest absolute Gasteiger partial charge is 0.394 e. The molecule has 0 radical (unpaired) electrons. The Morgan fingerprint density at radius 1 is 1.19 bits per heavy atom. The molecule has 140 valence electrons. The van der Waals surface area contributed by atoms with Gasteiger partial charge in [-0.3, -0.25) is 0 Å². The van der Waals surface area contributed by atoms with Crippen LogP contribution in [0.2, 0.25) is 0 Å². The van der Waals surface area contributed by atoms with E-state index >= 15 is 0 Å². The molecule has 0 bridgehead atoms. The number of aliphatic hydroxyl groups is 1. The van der Waals surface area contributed by atoms with E-state index in [1.807, 2.05) is 6.92 Å². The van der Waals surface area contributed by atoms with Crippen molar-refractivity contribution in [1.82, 2.24) is 0 Å². The molecular formula is C22H29NO2S. The van der Waals surface area contributed by atoms with Gasteiger partial charge < -0.3 is 15.6 Å². The third-order valence-electron chi connectivity index (χ3n) is 4.39. The van der Waals surface area contributed by atoms with Crippen LogP contribution in [0.1, 0.15) is 46.2 Å². The van der Waals surface area contributed by atoms with Gasteiger partial charge >= 0.3 is 0 Å². The summed E-state index contributed by atoms with van der Waals surface area (Å²) in [6.45, 7) is 7.39. The number of aryl methyl sites for hydroxylation is 3. The molecule has 3 N–H and O–H groups in total. The Bertz CT molecular complexity index is 768. The van der Waals surface area contributed by atoms with Crippen molar-refractivity contribution in [3.05, 3.63) is 56.8 Å². The van der Waals surface area contributed by atoms with E-state index in [0.29, 0.717) is 13.2 Å². The molecular weight excluding hydrogens is 342 g/mol. The van der Waals surface area contributed by atoms with Crippen molar-refractivity contribution in [2.45, 2.75) is 52.2 Å². The normalized spacial score (nSPS) is 13.1. The van der Waals surface area contributed by atoms with Gasteiger partial charge in [0.15, 0.2) is 0 Å². The molecule has 1 aromatic carbocycles. The lowest BCUT2D eigenvalue weighted by atomic mass is 9.98. The highest BCUT2D eigenvalue weighted by Gasteiger charge is 2.16. The Kier molecular flexibility index (Phi) is 7.86. The number of aliphatic hydroxyl groups excluding tert-OH is 1. The summed E-state index contributed by atoms with van der Waals surface area (Å²) in [5, 5.41) is 9.21. The monoisotopic (exact) mass is 371 g/mol. The summed E-state index contributed by atoms with van der Waals surface area (Å²) < 4.78 is 5.71. The first-order valence-electron chi connectivity index (χ1n) is 9.01. The van der Waals surface area contributed by atoms with E-state index in [1.165, 1.54) is 21.6 Å². The summed E-state index contributed by atoms with van der Waals surface area (Å²) in [6, 6.07) is 10.6. The fourth-order valence-corrected chi connectivity index (χ4v) is 3.31. The zero-order valence-corrected chi connectivity index (χ0v) is 16.8. The average molecular weight is 372 g/mol. The number of rotatable bonds is 8. The Hall–Kier alpha value is -1.64. The molecule has 26 heavy (non-hydrogen) atoms. The van der Waals surface area contributed by atoms with Gasteiger partial charge in [-0.1, -0.05) is 30.0 Å². The summed E-state index contributed by atoms with van der Waals surface area (Å²) in [5.74, 6) is 6.38. The van der Waals surface area contributed by atoms with Crippen LogP contribution in [0.5, 0.6) is 0 Å². The van der Waals surface area contributed by atoms with Crippen molar-refractivity contribution < 1.29 is 9.84 Å². The topological polar surface area (TPSA) is 55.5 Å². The van der Waals surface area contributed by atoms with Crippen molar-refractivity contribution in [1.29, 1.82) is 0 Å². The number of ether oxygens (including phenoxy) is 1. The SMILES string of the molecule is Cc1ccc(COCCC#Cc2ccc(CCC(C)(N)CO)s2)cc1C. The van der Waals surface area contributed by atoms with E-state index in [4.69, 9.17) is 10.5 Å². The molecule has 0 aliphatic heterocycles. The standard InChI is InChI=1S/C22H29NO2S/c1-17-7-8-19(14-18(17)2)15-25-13-5-4-6-20-9-10-21(26-20)11-12-22(3,23)16-24/h7-10,14,24H,5,11-13,15-16,23H2,1-3H3. The third kappa shape index (κ3) is 6.93. The highest BCUT2D eigenvalue weighted by molar-refractivity contribution is 7.12.